The number of likely N-dealkylation sites (N-methyl/N-ethyl adjacent to an activating group) is 1. The van der Waals surface area contributed by atoms with Crippen LogP contribution in [0.3, 0.4) is 0 Å². The smallest absolute Gasteiger partial charge is 0.358 e. The monoisotopic (exact) mass is 493 g/mol. The lowest BCUT2D eigenvalue weighted by Gasteiger charge is -2.26. The van der Waals surface area contributed by atoms with E-state index in [0.29, 0.717) is 34.6 Å². The highest BCUT2D eigenvalue weighted by Gasteiger charge is 2.32. The van der Waals surface area contributed by atoms with E-state index in [0.717, 1.165) is 11.6 Å². The van der Waals surface area contributed by atoms with Gasteiger partial charge in [0.1, 0.15) is 17.6 Å². The summed E-state index contributed by atoms with van der Waals surface area (Å²) in [5, 5.41) is 6.43. The zero-order valence-corrected chi connectivity index (χ0v) is 19.3. The molecule has 180 valence electrons. The van der Waals surface area contributed by atoms with Gasteiger partial charge in [0.05, 0.1) is 0 Å². The van der Waals surface area contributed by atoms with E-state index in [1.54, 1.807) is 43.3 Å². The largest absolute Gasteiger partial charge is 0.433 e. The normalized spacial score (nSPS) is 13.4. The molecule has 0 aliphatic heterocycles. The quantitative estimate of drug-likeness (QED) is 0.381. The van der Waals surface area contributed by atoms with Crippen LogP contribution in [0.2, 0.25) is 5.02 Å². The standard InChI is InChI=1S/C25H24ClF4N3O/c1-15-12-17(8-9-20(15)27)21(10-6-16-7-11-22(32-14-16)25(28,29)30)33-23(24(34)31-2)18-4-3-5-19(26)13-18/h3-5,7-9,11-14,21,23,33H,6,10H2,1-2H3,(H,31,34)/t21-,23?/m0/s1. The summed E-state index contributed by atoms with van der Waals surface area (Å²) < 4.78 is 52.4. The Hall–Kier alpha value is -2.97. The molecule has 3 rings (SSSR count). The van der Waals surface area contributed by atoms with Crippen molar-refractivity contribution in [3.8, 4) is 0 Å². The molecule has 1 unspecified atom stereocenters. The lowest BCUT2D eigenvalue weighted by molar-refractivity contribution is -0.141. The number of pyridine rings is 1. The highest BCUT2D eigenvalue weighted by atomic mass is 35.5. The molecule has 0 saturated carbocycles. The average Bonchev–Trinajstić information content (AvgIpc) is 2.80. The number of carbonyl (C=O) groups excluding carboxylic acids is 1. The molecule has 3 aromatic rings. The molecule has 0 bridgehead atoms. The fourth-order valence-electron chi connectivity index (χ4n) is 3.64. The summed E-state index contributed by atoms with van der Waals surface area (Å²) in [7, 11) is 1.52. The Morgan fingerprint density at radius 2 is 1.85 bits per heavy atom. The zero-order valence-electron chi connectivity index (χ0n) is 18.6. The summed E-state index contributed by atoms with van der Waals surface area (Å²) in [6.45, 7) is 1.64. The van der Waals surface area contributed by atoms with Crippen LogP contribution >= 0.6 is 11.6 Å². The Morgan fingerprint density at radius 1 is 1.09 bits per heavy atom. The van der Waals surface area contributed by atoms with E-state index in [4.69, 9.17) is 11.6 Å². The Bertz CT molecular complexity index is 1140. The van der Waals surface area contributed by atoms with Crippen LogP contribution in [0.25, 0.3) is 0 Å². The second kappa shape index (κ2) is 11.0. The minimum absolute atomic E-state index is 0.290. The summed E-state index contributed by atoms with van der Waals surface area (Å²) in [5.41, 5.74) is 1.49. The van der Waals surface area contributed by atoms with E-state index >= 15 is 0 Å². The molecule has 1 heterocycles. The number of aryl methyl sites for hydroxylation is 2. The van der Waals surface area contributed by atoms with Gasteiger partial charge in [-0.05, 0) is 66.3 Å². The molecular formula is C25H24ClF4N3O. The minimum atomic E-state index is -4.51. The first-order valence-electron chi connectivity index (χ1n) is 10.6. The molecule has 34 heavy (non-hydrogen) atoms. The molecule has 9 heteroatoms. The number of halogens is 5. The molecule has 2 N–H and O–H groups in total. The minimum Gasteiger partial charge on any atom is -0.358 e. The van der Waals surface area contributed by atoms with Gasteiger partial charge < -0.3 is 5.32 Å². The SMILES string of the molecule is CNC(=O)C(N[C@@H](CCc1ccc(C(F)(F)F)nc1)c1ccc(F)c(C)c1)c1cccc(Cl)c1. The molecular weight excluding hydrogens is 470 g/mol. The molecule has 1 amide bonds. The van der Waals surface area contributed by atoms with Gasteiger partial charge >= 0.3 is 6.18 Å². The topological polar surface area (TPSA) is 54.0 Å². The van der Waals surface area contributed by atoms with Crippen LogP contribution in [0.15, 0.2) is 60.8 Å². The third-order valence-corrected chi connectivity index (χ3v) is 5.71. The number of benzene rings is 2. The van der Waals surface area contributed by atoms with Crippen LogP contribution in [0.5, 0.6) is 0 Å². The van der Waals surface area contributed by atoms with Gasteiger partial charge in [-0.25, -0.2) is 4.39 Å². The number of hydrogen-bond donors (Lipinski definition) is 2. The summed E-state index contributed by atoms with van der Waals surface area (Å²) >= 11 is 6.13. The molecule has 0 spiro atoms. The molecule has 2 atom stereocenters. The average molecular weight is 494 g/mol. The van der Waals surface area contributed by atoms with E-state index in [9.17, 15) is 22.4 Å². The maximum Gasteiger partial charge on any atom is 0.433 e. The van der Waals surface area contributed by atoms with Crippen molar-refractivity contribution in [2.45, 2.75) is 38.0 Å². The van der Waals surface area contributed by atoms with Crippen LogP contribution < -0.4 is 10.6 Å². The number of rotatable bonds is 8. The molecule has 4 nitrogen and oxygen atoms in total. The van der Waals surface area contributed by atoms with E-state index in [1.807, 2.05) is 0 Å². The molecule has 2 aromatic carbocycles. The van der Waals surface area contributed by atoms with Crippen molar-refractivity contribution in [3.05, 3.63) is 99.6 Å². The molecule has 1 aromatic heterocycles. The molecule has 0 radical (unpaired) electrons. The Balaban J connectivity index is 1.89. The van der Waals surface area contributed by atoms with E-state index in [-0.39, 0.29) is 11.7 Å². The van der Waals surface area contributed by atoms with Gasteiger partial charge in [-0.1, -0.05) is 41.9 Å². The second-order valence-corrected chi connectivity index (χ2v) is 8.35. The van der Waals surface area contributed by atoms with Gasteiger partial charge in [-0.3, -0.25) is 15.1 Å². The number of carbonyl (C=O) groups is 1. The van der Waals surface area contributed by atoms with Crippen LogP contribution in [-0.4, -0.2) is 17.9 Å². The molecule has 0 aliphatic rings. The van der Waals surface area contributed by atoms with Gasteiger partial charge in [-0.2, -0.15) is 13.2 Å². The van der Waals surface area contributed by atoms with Crippen molar-refractivity contribution < 1.29 is 22.4 Å². The number of alkyl halides is 3. The van der Waals surface area contributed by atoms with Gasteiger partial charge in [0, 0.05) is 24.3 Å². The maximum atomic E-state index is 13.9. The third kappa shape index (κ3) is 6.55. The van der Waals surface area contributed by atoms with E-state index in [1.165, 1.54) is 25.4 Å². The Morgan fingerprint density at radius 3 is 2.44 bits per heavy atom. The fourth-order valence-corrected chi connectivity index (χ4v) is 3.84. The van der Waals surface area contributed by atoms with Crippen molar-refractivity contribution in [2.75, 3.05) is 7.05 Å². The van der Waals surface area contributed by atoms with Crippen molar-refractivity contribution in [3.63, 3.8) is 0 Å². The van der Waals surface area contributed by atoms with Crippen molar-refractivity contribution in [1.29, 1.82) is 0 Å². The number of nitrogens with zero attached hydrogens (tertiary/aromatic N) is 1. The van der Waals surface area contributed by atoms with E-state index in [2.05, 4.69) is 15.6 Å². The Kier molecular flexibility index (Phi) is 8.28. The predicted octanol–water partition coefficient (Wildman–Crippen LogP) is 5.95. The van der Waals surface area contributed by atoms with E-state index < -0.39 is 24.0 Å². The first kappa shape index (κ1) is 25.6. The van der Waals surface area contributed by atoms with Crippen LogP contribution in [0, 0.1) is 12.7 Å². The molecule has 0 fully saturated rings. The molecule has 0 saturated heterocycles. The highest BCUT2D eigenvalue weighted by molar-refractivity contribution is 6.30. The van der Waals surface area contributed by atoms with Crippen LogP contribution in [0.4, 0.5) is 17.6 Å². The fraction of sp³-hybridized carbons (Fsp3) is 0.280. The highest BCUT2D eigenvalue weighted by Crippen LogP contribution is 2.29. The maximum absolute atomic E-state index is 13.9. The van der Waals surface area contributed by atoms with Gasteiger partial charge in [0.25, 0.3) is 0 Å². The second-order valence-electron chi connectivity index (χ2n) is 7.92. The van der Waals surface area contributed by atoms with Gasteiger partial charge in [0.15, 0.2) is 0 Å². The first-order chi connectivity index (χ1) is 16.1. The van der Waals surface area contributed by atoms with Crippen molar-refractivity contribution in [2.24, 2.45) is 0 Å². The Labute approximate surface area is 200 Å². The number of hydrogen-bond acceptors (Lipinski definition) is 3. The lowest BCUT2D eigenvalue weighted by atomic mass is 9.95. The molecule has 0 aliphatic carbocycles. The van der Waals surface area contributed by atoms with Crippen molar-refractivity contribution in [1.82, 2.24) is 15.6 Å². The lowest BCUT2D eigenvalue weighted by Crippen LogP contribution is -2.38. The summed E-state index contributed by atoms with van der Waals surface area (Å²) in [4.78, 5) is 16.2. The van der Waals surface area contributed by atoms with Crippen LogP contribution in [0.1, 0.15) is 46.5 Å². The van der Waals surface area contributed by atoms with Gasteiger partial charge in [0.2, 0.25) is 5.91 Å². The third-order valence-electron chi connectivity index (χ3n) is 5.48. The zero-order chi connectivity index (χ0) is 24.9. The first-order valence-corrected chi connectivity index (χ1v) is 11.0. The summed E-state index contributed by atoms with van der Waals surface area (Å²) in [6, 6.07) is 12.7. The number of aromatic nitrogens is 1. The number of nitrogens with one attached hydrogen (secondary N) is 2. The summed E-state index contributed by atoms with van der Waals surface area (Å²) in [6.07, 6.45) is -2.50. The number of amides is 1. The predicted molar refractivity (Wildman–Crippen MR) is 123 cm³/mol. The van der Waals surface area contributed by atoms with Crippen LogP contribution in [-0.2, 0) is 17.4 Å². The van der Waals surface area contributed by atoms with Crippen molar-refractivity contribution >= 4 is 17.5 Å². The summed E-state index contributed by atoms with van der Waals surface area (Å²) in [5.74, 6) is -0.644. The van der Waals surface area contributed by atoms with Gasteiger partial charge in [-0.15, -0.1) is 0 Å².